The molecular weight excluding hydrogens is 328 g/mol. The molecule has 5 nitrogen and oxygen atoms in total. The molecule has 0 aliphatic heterocycles. The minimum atomic E-state index is -0.770. The van der Waals surface area contributed by atoms with Gasteiger partial charge in [0.2, 0.25) is 0 Å². The molecule has 1 aliphatic carbocycles. The molecule has 0 aromatic heterocycles. The summed E-state index contributed by atoms with van der Waals surface area (Å²) in [5.41, 5.74) is 0.241. The van der Waals surface area contributed by atoms with Gasteiger partial charge in [-0.25, -0.2) is 0 Å². The summed E-state index contributed by atoms with van der Waals surface area (Å²) >= 11 is 0. The number of nitrogens with zero attached hydrogens (tertiary/aromatic N) is 1. The Kier molecular flexibility index (Phi) is 7.05. The van der Waals surface area contributed by atoms with Gasteiger partial charge in [0.25, 0.3) is 5.91 Å². The van der Waals surface area contributed by atoms with Gasteiger partial charge < -0.3 is 14.8 Å². The van der Waals surface area contributed by atoms with Crippen molar-refractivity contribution in [1.29, 1.82) is 5.26 Å². The molecule has 1 aromatic carbocycles. The number of carbonyl (C=O) groups is 1. The Bertz CT molecular complexity index is 666. The summed E-state index contributed by atoms with van der Waals surface area (Å²) in [7, 11) is 0. The Labute approximate surface area is 156 Å². The molecule has 0 heterocycles. The predicted octanol–water partition coefficient (Wildman–Crippen LogP) is 4.66. The van der Waals surface area contributed by atoms with Crippen molar-refractivity contribution in [3.05, 3.63) is 23.8 Å². The maximum absolute atomic E-state index is 13.1. The second-order valence-corrected chi connectivity index (χ2v) is 7.49. The second kappa shape index (κ2) is 9.05. The van der Waals surface area contributed by atoms with E-state index in [0.29, 0.717) is 29.5 Å². The lowest BCUT2D eigenvalue weighted by atomic mass is 9.78. The van der Waals surface area contributed by atoms with Crippen LogP contribution >= 0.6 is 0 Å². The summed E-state index contributed by atoms with van der Waals surface area (Å²) in [6.45, 7) is 8.61. The van der Waals surface area contributed by atoms with Crippen LogP contribution in [0.3, 0.4) is 0 Å². The molecule has 0 saturated heterocycles. The minimum Gasteiger partial charge on any atom is -0.490 e. The monoisotopic (exact) mass is 358 g/mol. The van der Waals surface area contributed by atoms with Crippen LogP contribution in [0.2, 0.25) is 0 Å². The predicted molar refractivity (Wildman–Crippen MR) is 102 cm³/mol. The number of benzene rings is 1. The van der Waals surface area contributed by atoms with Gasteiger partial charge in [0.05, 0.1) is 11.7 Å². The lowest BCUT2D eigenvalue weighted by Gasteiger charge is -2.38. The largest absolute Gasteiger partial charge is 0.490 e. The van der Waals surface area contributed by atoms with Crippen LogP contribution in [0.15, 0.2) is 18.2 Å². The third-order valence-corrected chi connectivity index (χ3v) is 4.67. The fraction of sp³-hybridized carbons (Fsp3) is 0.619. The molecule has 1 aromatic rings. The fourth-order valence-electron chi connectivity index (χ4n) is 3.50. The molecule has 1 aliphatic rings. The quantitative estimate of drug-likeness (QED) is 0.769. The van der Waals surface area contributed by atoms with E-state index in [2.05, 4.69) is 18.3 Å². The summed E-state index contributed by atoms with van der Waals surface area (Å²) in [6, 6.07) is 7.31. The van der Waals surface area contributed by atoms with Crippen molar-refractivity contribution < 1.29 is 14.3 Å². The Balaban J connectivity index is 2.19. The van der Waals surface area contributed by atoms with Crippen molar-refractivity contribution in [2.24, 2.45) is 5.92 Å². The second-order valence-electron chi connectivity index (χ2n) is 7.49. The number of nitrogens with one attached hydrogen (secondary N) is 1. The van der Waals surface area contributed by atoms with E-state index in [1.807, 2.05) is 20.8 Å². The van der Waals surface area contributed by atoms with Crippen LogP contribution in [0.1, 0.15) is 65.4 Å². The Morgan fingerprint density at radius 3 is 2.85 bits per heavy atom. The lowest BCUT2D eigenvalue weighted by Crippen LogP contribution is -2.48. The number of rotatable bonds is 7. The highest BCUT2D eigenvalue weighted by atomic mass is 16.5. The molecule has 0 spiro atoms. The first-order valence-corrected chi connectivity index (χ1v) is 9.56. The van der Waals surface area contributed by atoms with Crippen LogP contribution in [0.4, 0.5) is 5.69 Å². The molecule has 26 heavy (non-hydrogen) atoms. The van der Waals surface area contributed by atoms with Crippen molar-refractivity contribution in [2.45, 2.75) is 71.5 Å². The standard InChI is InChI=1S/C21H30N2O3/c1-5-11-25-21(10-6-7-16(4)13-21)20(24)23-18-8-9-19(26-15(2)3)17(12-18)14-22/h8-9,12,15-16H,5-7,10-11,13H2,1-4H3,(H,23,24)/t16-,21+/m0/s1. The molecule has 0 unspecified atom stereocenters. The van der Waals surface area contributed by atoms with Gasteiger partial charge in [0.1, 0.15) is 17.4 Å². The highest BCUT2D eigenvalue weighted by Gasteiger charge is 2.42. The molecule has 1 N–H and O–H groups in total. The average Bonchev–Trinajstić information content (AvgIpc) is 2.60. The molecule has 1 saturated carbocycles. The van der Waals surface area contributed by atoms with Gasteiger partial charge in [-0.1, -0.05) is 20.3 Å². The topological polar surface area (TPSA) is 71.3 Å². The molecule has 0 bridgehead atoms. The van der Waals surface area contributed by atoms with Gasteiger partial charge in [0.15, 0.2) is 0 Å². The van der Waals surface area contributed by atoms with E-state index in [0.717, 1.165) is 32.1 Å². The smallest absolute Gasteiger partial charge is 0.256 e. The van der Waals surface area contributed by atoms with Crippen LogP contribution < -0.4 is 10.1 Å². The van der Waals surface area contributed by atoms with E-state index in [1.165, 1.54) is 0 Å². The maximum atomic E-state index is 13.1. The SMILES string of the molecule is CCCO[C@]1(C(=O)Nc2ccc(OC(C)C)c(C#N)c2)CCC[C@H](C)C1. The summed E-state index contributed by atoms with van der Waals surface area (Å²) in [6.07, 6.45) is 4.45. The third-order valence-electron chi connectivity index (χ3n) is 4.67. The molecule has 1 amide bonds. The normalized spacial score (nSPS) is 22.7. The first-order chi connectivity index (χ1) is 12.4. The summed E-state index contributed by atoms with van der Waals surface area (Å²) in [5, 5.41) is 12.3. The number of carbonyl (C=O) groups excluding carboxylic acids is 1. The average molecular weight is 358 g/mol. The number of nitriles is 1. The van der Waals surface area contributed by atoms with Crippen LogP contribution in [0, 0.1) is 17.2 Å². The van der Waals surface area contributed by atoms with Crippen molar-refractivity contribution in [1.82, 2.24) is 0 Å². The first kappa shape index (κ1) is 20.3. The molecule has 5 heteroatoms. The van der Waals surface area contributed by atoms with Gasteiger partial charge in [-0.05, 0) is 63.6 Å². The zero-order valence-corrected chi connectivity index (χ0v) is 16.3. The summed E-state index contributed by atoms with van der Waals surface area (Å²) in [4.78, 5) is 13.1. The zero-order chi connectivity index (χ0) is 19.2. The minimum absolute atomic E-state index is 0.0167. The Morgan fingerprint density at radius 2 is 2.23 bits per heavy atom. The molecular formula is C21H30N2O3. The van der Waals surface area contributed by atoms with E-state index in [1.54, 1.807) is 18.2 Å². The number of hydrogen-bond donors (Lipinski definition) is 1. The maximum Gasteiger partial charge on any atom is 0.256 e. The number of anilines is 1. The lowest BCUT2D eigenvalue weighted by molar-refractivity contribution is -0.148. The van der Waals surface area contributed by atoms with E-state index < -0.39 is 5.60 Å². The highest BCUT2D eigenvalue weighted by Crippen LogP contribution is 2.36. The van der Waals surface area contributed by atoms with Crippen molar-refractivity contribution >= 4 is 11.6 Å². The van der Waals surface area contributed by atoms with Gasteiger partial charge in [0, 0.05) is 12.3 Å². The van der Waals surface area contributed by atoms with Crippen molar-refractivity contribution in [3.63, 3.8) is 0 Å². The van der Waals surface area contributed by atoms with E-state index >= 15 is 0 Å². The van der Waals surface area contributed by atoms with Crippen molar-refractivity contribution in [3.8, 4) is 11.8 Å². The Morgan fingerprint density at radius 1 is 1.46 bits per heavy atom. The van der Waals surface area contributed by atoms with E-state index in [9.17, 15) is 10.1 Å². The van der Waals surface area contributed by atoms with Crippen LogP contribution in [0.25, 0.3) is 0 Å². The number of ether oxygens (including phenoxy) is 2. The molecule has 2 rings (SSSR count). The van der Waals surface area contributed by atoms with E-state index in [4.69, 9.17) is 9.47 Å². The molecule has 1 fully saturated rings. The molecule has 142 valence electrons. The zero-order valence-electron chi connectivity index (χ0n) is 16.3. The van der Waals surface area contributed by atoms with Crippen LogP contribution in [0.5, 0.6) is 5.75 Å². The summed E-state index contributed by atoms with van der Waals surface area (Å²) in [5.74, 6) is 0.880. The number of amides is 1. The van der Waals surface area contributed by atoms with Crippen LogP contribution in [-0.4, -0.2) is 24.2 Å². The first-order valence-electron chi connectivity index (χ1n) is 9.56. The fourth-order valence-corrected chi connectivity index (χ4v) is 3.50. The molecule has 0 radical (unpaired) electrons. The molecule has 2 atom stereocenters. The van der Waals surface area contributed by atoms with Gasteiger partial charge in [-0.3, -0.25) is 4.79 Å². The van der Waals surface area contributed by atoms with Gasteiger partial charge >= 0.3 is 0 Å². The van der Waals surface area contributed by atoms with Gasteiger partial charge in [-0.2, -0.15) is 5.26 Å². The summed E-state index contributed by atoms with van der Waals surface area (Å²) < 4.78 is 11.7. The number of hydrogen-bond acceptors (Lipinski definition) is 4. The third kappa shape index (κ3) is 4.98. The Hall–Kier alpha value is -2.06. The van der Waals surface area contributed by atoms with Gasteiger partial charge in [-0.15, -0.1) is 0 Å². The van der Waals surface area contributed by atoms with E-state index in [-0.39, 0.29) is 12.0 Å². The van der Waals surface area contributed by atoms with Crippen LogP contribution in [-0.2, 0) is 9.53 Å². The highest BCUT2D eigenvalue weighted by molar-refractivity contribution is 5.97. The van der Waals surface area contributed by atoms with Crippen molar-refractivity contribution in [2.75, 3.05) is 11.9 Å².